The summed E-state index contributed by atoms with van der Waals surface area (Å²) < 4.78 is 19.8. The Morgan fingerprint density at radius 1 is 1.38 bits per heavy atom. The molecule has 8 heteroatoms. The Hall–Kier alpha value is -0.480. The molecule has 7 nitrogen and oxygen atoms in total. The smallest absolute Gasteiger partial charge is 0.233 e. The highest BCUT2D eigenvalue weighted by atomic mass is 31.1. The van der Waals surface area contributed by atoms with Crippen LogP contribution in [0.1, 0.15) is 40.5 Å². The SMILES string of the molecule is CC(C)N(C(C)C)[PH](=O)[C@](O)(CC(O)CN)OCCC#N. The molecule has 0 aromatic heterocycles. The number of ether oxygens (including phenoxy) is 1. The van der Waals surface area contributed by atoms with Crippen LogP contribution in [0, 0.1) is 11.3 Å². The van der Waals surface area contributed by atoms with Crippen LogP contribution in [0.15, 0.2) is 0 Å². The summed E-state index contributed by atoms with van der Waals surface area (Å²) >= 11 is 0. The first-order valence-corrected chi connectivity index (χ1v) is 8.49. The molecule has 0 radical (unpaired) electrons. The van der Waals surface area contributed by atoms with Crippen molar-refractivity contribution < 1.29 is 19.5 Å². The maximum absolute atomic E-state index is 12.8. The summed E-state index contributed by atoms with van der Waals surface area (Å²) in [5, 5.41) is 28.9. The summed E-state index contributed by atoms with van der Waals surface area (Å²) in [6.45, 7) is 7.37. The van der Waals surface area contributed by atoms with Gasteiger partial charge >= 0.3 is 0 Å². The zero-order chi connectivity index (χ0) is 16.6. The lowest BCUT2D eigenvalue weighted by molar-refractivity contribution is -0.157. The van der Waals surface area contributed by atoms with Gasteiger partial charge in [0, 0.05) is 25.0 Å². The van der Waals surface area contributed by atoms with Gasteiger partial charge in [0.05, 0.1) is 25.2 Å². The summed E-state index contributed by atoms with van der Waals surface area (Å²) in [6, 6.07) is 1.78. The maximum Gasteiger partial charge on any atom is 0.233 e. The van der Waals surface area contributed by atoms with Gasteiger partial charge in [-0.15, -0.1) is 0 Å². The van der Waals surface area contributed by atoms with Crippen molar-refractivity contribution in [3.05, 3.63) is 0 Å². The summed E-state index contributed by atoms with van der Waals surface area (Å²) in [4.78, 5) is 0. The Balaban J connectivity index is 5.25. The molecule has 124 valence electrons. The van der Waals surface area contributed by atoms with E-state index in [1.54, 1.807) is 4.67 Å². The molecule has 0 aliphatic carbocycles. The monoisotopic (exact) mass is 321 g/mol. The van der Waals surface area contributed by atoms with Crippen molar-refractivity contribution in [1.29, 1.82) is 5.26 Å². The average molecular weight is 321 g/mol. The number of aliphatic hydroxyl groups excluding tert-OH is 1. The van der Waals surface area contributed by atoms with Crippen molar-refractivity contribution in [1.82, 2.24) is 4.67 Å². The number of nitrogens with zero attached hydrogens (tertiary/aromatic N) is 2. The van der Waals surface area contributed by atoms with Crippen LogP contribution in [0.4, 0.5) is 0 Å². The van der Waals surface area contributed by atoms with Gasteiger partial charge in [0.1, 0.15) is 0 Å². The Morgan fingerprint density at radius 2 is 1.90 bits per heavy atom. The van der Waals surface area contributed by atoms with Gasteiger partial charge in [-0.1, -0.05) is 0 Å². The van der Waals surface area contributed by atoms with Crippen LogP contribution in [-0.4, -0.2) is 51.8 Å². The predicted octanol–water partition coefficient (Wildman–Crippen LogP) is 0.866. The lowest BCUT2D eigenvalue weighted by atomic mass is 10.2. The van der Waals surface area contributed by atoms with Crippen molar-refractivity contribution in [3.63, 3.8) is 0 Å². The molecular weight excluding hydrogens is 293 g/mol. The second-order valence-corrected chi connectivity index (χ2v) is 7.44. The minimum absolute atomic E-state index is 0.0509. The van der Waals surface area contributed by atoms with Gasteiger partial charge in [-0.05, 0) is 27.7 Å². The normalized spacial score (nSPS) is 17.8. The number of nitriles is 1. The first-order valence-electron chi connectivity index (χ1n) is 7.13. The Kier molecular flexibility index (Phi) is 9.30. The van der Waals surface area contributed by atoms with Crippen molar-refractivity contribution in [2.75, 3.05) is 13.2 Å². The maximum atomic E-state index is 12.8. The molecule has 0 spiro atoms. The molecule has 0 rings (SSSR count). The highest BCUT2D eigenvalue weighted by Gasteiger charge is 2.42. The minimum Gasteiger partial charge on any atom is -0.392 e. The predicted molar refractivity (Wildman–Crippen MR) is 81.9 cm³/mol. The lowest BCUT2D eigenvalue weighted by Crippen LogP contribution is -2.43. The van der Waals surface area contributed by atoms with Crippen LogP contribution in [0.5, 0.6) is 0 Å². The first-order chi connectivity index (χ1) is 9.69. The molecule has 0 bridgehead atoms. The standard InChI is InChI=1S/C13H28N3O4P/c1-10(2)16(11(3)4)21(19)13(18,8-12(17)9-15)20-7-5-6-14/h10-12,17-18,21H,5,7-9,15H2,1-4H3/t12?,13-/m0/s1. The summed E-state index contributed by atoms with van der Waals surface area (Å²) in [5.74, 6) is 0. The molecule has 0 aromatic carbocycles. The van der Waals surface area contributed by atoms with E-state index < -0.39 is 19.6 Å². The van der Waals surface area contributed by atoms with Crippen molar-refractivity contribution in [2.45, 2.75) is 64.3 Å². The fraction of sp³-hybridized carbons (Fsp3) is 0.923. The van der Waals surface area contributed by atoms with E-state index in [9.17, 15) is 14.8 Å². The molecule has 3 atom stereocenters. The lowest BCUT2D eigenvalue weighted by Gasteiger charge is -2.38. The third-order valence-corrected chi connectivity index (χ3v) is 5.54. The van der Waals surface area contributed by atoms with E-state index in [4.69, 9.17) is 15.7 Å². The molecular formula is C13H28N3O4P. The molecule has 0 aliphatic rings. The van der Waals surface area contributed by atoms with Crippen molar-refractivity contribution >= 4 is 7.95 Å². The summed E-state index contributed by atoms with van der Waals surface area (Å²) in [6.07, 6.45) is -1.20. The van der Waals surface area contributed by atoms with E-state index in [1.807, 2.05) is 33.8 Å². The van der Waals surface area contributed by atoms with Gasteiger partial charge in [-0.3, -0.25) is 0 Å². The van der Waals surface area contributed by atoms with Crippen LogP contribution >= 0.6 is 7.95 Å². The highest BCUT2D eigenvalue weighted by molar-refractivity contribution is 7.43. The number of nitrogens with two attached hydrogens (primary N) is 1. The molecule has 0 fully saturated rings. The molecule has 0 heterocycles. The Labute approximate surface area is 127 Å². The van der Waals surface area contributed by atoms with Gasteiger partial charge in [-0.25, -0.2) is 4.67 Å². The largest absolute Gasteiger partial charge is 0.392 e. The van der Waals surface area contributed by atoms with Crippen LogP contribution in [0.25, 0.3) is 0 Å². The third-order valence-electron chi connectivity index (χ3n) is 3.02. The minimum atomic E-state index is -2.76. The van der Waals surface area contributed by atoms with Crippen LogP contribution < -0.4 is 5.73 Å². The zero-order valence-electron chi connectivity index (χ0n) is 13.2. The third kappa shape index (κ3) is 6.43. The van der Waals surface area contributed by atoms with Crippen LogP contribution in [0.3, 0.4) is 0 Å². The fourth-order valence-electron chi connectivity index (χ4n) is 2.14. The number of rotatable bonds is 10. The Morgan fingerprint density at radius 3 is 2.29 bits per heavy atom. The molecule has 0 saturated carbocycles. The van der Waals surface area contributed by atoms with Crippen LogP contribution in [-0.2, 0) is 9.30 Å². The second-order valence-electron chi connectivity index (χ2n) is 5.53. The average Bonchev–Trinajstić information content (AvgIpc) is 2.37. The number of hydrogen-bond donors (Lipinski definition) is 3. The van der Waals surface area contributed by atoms with Gasteiger partial charge in [-0.2, -0.15) is 5.26 Å². The van der Waals surface area contributed by atoms with Crippen molar-refractivity contribution in [3.8, 4) is 6.07 Å². The van der Waals surface area contributed by atoms with E-state index in [2.05, 4.69) is 0 Å². The fourth-order valence-corrected chi connectivity index (χ4v) is 4.12. The highest BCUT2D eigenvalue weighted by Crippen LogP contribution is 2.47. The van der Waals surface area contributed by atoms with Gasteiger partial charge < -0.3 is 25.2 Å². The van der Waals surface area contributed by atoms with E-state index in [0.29, 0.717) is 0 Å². The Bertz CT molecular complexity index is 365. The molecule has 4 N–H and O–H groups in total. The molecule has 2 unspecified atom stereocenters. The summed E-state index contributed by atoms with van der Waals surface area (Å²) in [7, 11) is -2.76. The van der Waals surface area contributed by atoms with E-state index in [1.165, 1.54) is 0 Å². The quantitative estimate of drug-likeness (QED) is 0.310. The summed E-state index contributed by atoms with van der Waals surface area (Å²) in [5.41, 5.74) is 3.37. The molecule has 0 aliphatic heterocycles. The molecule has 0 aromatic rings. The van der Waals surface area contributed by atoms with E-state index in [0.717, 1.165) is 0 Å². The number of hydrogen-bond acceptors (Lipinski definition) is 6. The van der Waals surface area contributed by atoms with Crippen molar-refractivity contribution in [2.24, 2.45) is 5.73 Å². The van der Waals surface area contributed by atoms with Crippen LogP contribution in [0.2, 0.25) is 0 Å². The second kappa shape index (κ2) is 9.52. The van der Waals surface area contributed by atoms with E-state index >= 15 is 0 Å². The molecule has 0 amide bonds. The first kappa shape index (κ1) is 20.5. The zero-order valence-corrected chi connectivity index (χ0v) is 14.2. The molecule has 0 saturated heterocycles. The number of aliphatic hydroxyl groups is 2. The molecule has 21 heavy (non-hydrogen) atoms. The van der Waals surface area contributed by atoms with Gasteiger partial charge in [0.15, 0.2) is 7.95 Å². The van der Waals surface area contributed by atoms with E-state index in [-0.39, 0.29) is 38.1 Å². The van der Waals surface area contributed by atoms with Gasteiger partial charge in [0.2, 0.25) is 5.53 Å². The van der Waals surface area contributed by atoms with Gasteiger partial charge in [0.25, 0.3) is 0 Å². The topological polar surface area (TPSA) is 120 Å².